The number of carboxylic acid groups (broad SMARTS) is 1. The lowest BCUT2D eigenvalue weighted by atomic mass is 10.4. The molecule has 1 rings (SSSR count). The fraction of sp³-hybridized carbons (Fsp3) is 0.667. The summed E-state index contributed by atoms with van der Waals surface area (Å²) in [6, 6.07) is 0. The standard InChI is InChI=1S/C9H15N5O3/c1-3-13(4-2)8(15)6-14-7(5-9(16)17)10-11-12-14/h3-6H2,1-2H3,(H,16,17). The van der Waals surface area contributed by atoms with E-state index in [4.69, 9.17) is 5.11 Å². The van der Waals surface area contributed by atoms with Crippen LogP contribution in [0.15, 0.2) is 0 Å². The van der Waals surface area contributed by atoms with Gasteiger partial charge in [-0.2, -0.15) is 0 Å². The summed E-state index contributed by atoms with van der Waals surface area (Å²) in [5.41, 5.74) is 0. The second-order valence-corrected chi connectivity index (χ2v) is 3.39. The van der Waals surface area contributed by atoms with E-state index < -0.39 is 5.97 Å². The molecule has 1 amide bonds. The first-order valence-corrected chi connectivity index (χ1v) is 5.33. The molecule has 1 heterocycles. The summed E-state index contributed by atoms with van der Waals surface area (Å²) in [6.45, 7) is 4.92. The Morgan fingerprint density at radius 2 is 2.00 bits per heavy atom. The van der Waals surface area contributed by atoms with Gasteiger partial charge in [-0.05, 0) is 24.3 Å². The van der Waals surface area contributed by atoms with Crippen LogP contribution in [0, 0.1) is 0 Å². The predicted molar refractivity (Wildman–Crippen MR) is 57.1 cm³/mol. The summed E-state index contributed by atoms with van der Waals surface area (Å²) < 4.78 is 1.22. The Hall–Kier alpha value is -1.99. The molecule has 17 heavy (non-hydrogen) atoms. The maximum Gasteiger partial charge on any atom is 0.311 e. The Bertz CT molecular complexity index is 399. The number of likely N-dealkylation sites (N-methyl/N-ethyl adjacent to an activating group) is 1. The van der Waals surface area contributed by atoms with Crippen LogP contribution >= 0.6 is 0 Å². The average Bonchev–Trinajstić information content (AvgIpc) is 2.66. The smallest absolute Gasteiger partial charge is 0.311 e. The Morgan fingerprint density at radius 1 is 1.35 bits per heavy atom. The Morgan fingerprint density at radius 3 is 2.53 bits per heavy atom. The molecule has 0 bridgehead atoms. The van der Waals surface area contributed by atoms with E-state index in [0.717, 1.165) is 0 Å². The Labute approximate surface area is 98.2 Å². The third-order valence-corrected chi connectivity index (χ3v) is 2.32. The summed E-state index contributed by atoms with van der Waals surface area (Å²) in [4.78, 5) is 24.0. The van der Waals surface area contributed by atoms with E-state index in [1.54, 1.807) is 4.90 Å². The highest BCUT2D eigenvalue weighted by Gasteiger charge is 2.16. The number of tetrazole rings is 1. The monoisotopic (exact) mass is 241 g/mol. The van der Waals surface area contributed by atoms with Gasteiger partial charge in [0.2, 0.25) is 5.91 Å². The molecule has 1 aromatic heterocycles. The minimum Gasteiger partial charge on any atom is -0.481 e. The van der Waals surface area contributed by atoms with Crippen molar-refractivity contribution >= 4 is 11.9 Å². The molecule has 1 aromatic rings. The number of hydrogen-bond acceptors (Lipinski definition) is 5. The fourth-order valence-electron chi connectivity index (χ4n) is 1.41. The van der Waals surface area contributed by atoms with E-state index in [0.29, 0.717) is 13.1 Å². The molecule has 0 atom stereocenters. The molecule has 0 saturated carbocycles. The minimum absolute atomic E-state index is 0.0305. The predicted octanol–water partition coefficient (Wildman–Crippen LogP) is -0.831. The van der Waals surface area contributed by atoms with E-state index in [1.807, 2.05) is 13.8 Å². The molecular weight excluding hydrogens is 226 g/mol. The average molecular weight is 241 g/mol. The van der Waals surface area contributed by atoms with Gasteiger partial charge < -0.3 is 10.0 Å². The normalized spacial score (nSPS) is 10.2. The van der Waals surface area contributed by atoms with Crippen molar-refractivity contribution in [3.05, 3.63) is 5.82 Å². The SMILES string of the molecule is CCN(CC)C(=O)Cn1nnnc1CC(=O)O. The molecule has 8 heteroatoms. The van der Waals surface area contributed by atoms with Crippen LogP contribution in [0.25, 0.3) is 0 Å². The fourth-order valence-corrected chi connectivity index (χ4v) is 1.41. The van der Waals surface area contributed by atoms with Crippen molar-refractivity contribution in [2.75, 3.05) is 13.1 Å². The summed E-state index contributed by atoms with van der Waals surface area (Å²) in [5.74, 6) is -0.983. The lowest BCUT2D eigenvalue weighted by molar-refractivity contribution is -0.137. The van der Waals surface area contributed by atoms with Crippen molar-refractivity contribution < 1.29 is 14.7 Å². The Kier molecular flexibility index (Phi) is 4.56. The van der Waals surface area contributed by atoms with Crippen LogP contribution in [-0.2, 0) is 22.6 Å². The number of hydrogen-bond donors (Lipinski definition) is 1. The number of amides is 1. The summed E-state index contributed by atoms with van der Waals surface area (Å²) in [5, 5.41) is 19.2. The first-order chi connectivity index (χ1) is 8.08. The lowest BCUT2D eigenvalue weighted by Crippen LogP contribution is -2.34. The van der Waals surface area contributed by atoms with E-state index in [-0.39, 0.29) is 24.7 Å². The lowest BCUT2D eigenvalue weighted by Gasteiger charge is -2.18. The molecule has 0 aliphatic carbocycles. The van der Waals surface area contributed by atoms with Gasteiger partial charge in [0.25, 0.3) is 0 Å². The molecule has 0 aromatic carbocycles. The maximum absolute atomic E-state index is 11.8. The van der Waals surface area contributed by atoms with Crippen LogP contribution in [0.4, 0.5) is 0 Å². The molecule has 0 aliphatic heterocycles. The van der Waals surface area contributed by atoms with Crippen LogP contribution in [0.3, 0.4) is 0 Å². The summed E-state index contributed by atoms with van der Waals surface area (Å²) in [6.07, 6.45) is -0.293. The Balaban J connectivity index is 2.71. The van der Waals surface area contributed by atoms with Crippen molar-refractivity contribution in [3.63, 3.8) is 0 Å². The van der Waals surface area contributed by atoms with Gasteiger partial charge in [-0.3, -0.25) is 9.59 Å². The molecule has 0 radical (unpaired) electrons. The zero-order valence-corrected chi connectivity index (χ0v) is 9.83. The molecule has 0 aliphatic rings. The quantitative estimate of drug-likeness (QED) is 0.697. The zero-order valence-electron chi connectivity index (χ0n) is 9.83. The molecule has 1 N–H and O–H groups in total. The first kappa shape index (κ1) is 13.1. The molecule has 8 nitrogen and oxygen atoms in total. The highest BCUT2D eigenvalue weighted by molar-refractivity contribution is 5.76. The van der Waals surface area contributed by atoms with Crippen molar-refractivity contribution in [2.24, 2.45) is 0 Å². The zero-order chi connectivity index (χ0) is 12.8. The van der Waals surface area contributed by atoms with Gasteiger partial charge in [-0.25, -0.2) is 4.68 Å². The number of rotatable bonds is 6. The highest BCUT2D eigenvalue weighted by Crippen LogP contribution is 1.97. The third-order valence-electron chi connectivity index (χ3n) is 2.32. The van der Waals surface area contributed by atoms with Gasteiger partial charge in [0, 0.05) is 13.1 Å². The number of nitrogens with zero attached hydrogens (tertiary/aromatic N) is 5. The van der Waals surface area contributed by atoms with E-state index in [9.17, 15) is 9.59 Å². The van der Waals surface area contributed by atoms with Gasteiger partial charge in [0.15, 0.2) is 5.82 Å². The second kappa shape index (κ2) is 5.92. The first-order valence-electron chi connectivity index (χ1n) is 5.33. The molecular formula is C9H15N5O3. The van der Waals surface area contributed by atoms with E-state index in [2.05, 4.69) is 15.5 Å². The third kappa shape index (κ3) is 3.51. The molecule has 0 unspecified atom stereocenters. The summed E-state index contributed by atoms with van der Waals surface area (Å²) >= 11 is 0. The highest BCUT2D eigenvalue weighted by atomic mass is 16.4. The molecule has 0 saturated heterocycles. The number of carbonyl (C=O) groups is 2. The van der Waals surface area contributed by atoms with Gasteiger partial charge in [-0.15, -0.1) is 5.10 Å². The number of aromatic nitrogens is 4. The molecule has 0 fully saturated rings. The van der Waals surface area contributed by atoms with Crippen LogP contribution < -0.4 is 0 Å². The van der Waals surface area contributed by atoms with Gasteiger partial charge in [-0.1, -0.05) is 0 Å². The van der Waals surface area contributed by atoms with Crippen molar-refractivity contribution in [1.82, 2.24) is 25.1 Å². The van der Waals surface area contributed by atoms with E-state index >= 15 is 0 Å². The van der Waals surface area contributed by atoms with Crippen LogP contribution in [0.1, 0.15) is 19.7 Å². The number of carbonyl (C=O) groups excluding carboxylic acids is 1. The second-order valence-electron chi connectivity index (χ2n) is 3.39. The topological polar surface area (TPSA) is 101 Å². The van der Waals surface area contributed by atoms with Crippen molar-refractivity contribution in [2.45, 2.75) is 26.8 Å². The number of aliphatic carboxylic acids is 1. The van der Waals surface area contributed by atoms with Crippen LogP contribution in [0.2, 0.25) is 0 Å². The van der Waals surface area contributed by atoms with Gasteiger partial charge in [0.1, 0.15) is 13.0 Å². The van der Waals surface area contributed by atoms with Crippen molar-refractivity contribution in [1.29, 1.82) is 0 Å². The maximum atomic E-state index is 11.8. The molecule has 94 valence electrons. The van der Waals surface area contributed by atoms with Crippen molar-refractivity contribution in [3.8, 4) is 0 Å². The van der Waals surface area contributed by atoms with Crippen LogP contribution in [0.5, 0.6) is 0 Å². The van der Waals surface area contributed by atoms with Gasteiger partial charge in [0.05, 0.1) is 0 Å². The largest absolute Gasteiger partial charge is 0.481 e. The van der Waals surface area contributed by atoms with E-state index in [1.165, 1.54) is 4.68 Å². The number of carboxylic acids is 1. The van der Waals surface area contributed by atoms with Crippen LogP contribution in [-0.4, -0.2) is 55.2 Å². The summed E-state index contributed by atoms with van der Waals surface area (Å²) in [7, 11) is 0. The molecule has 0 spiro atoms. The van der Waals surface area contributed by atoms with Gasteiger partial charge >= 0.3 is 5.97 Å². The minimum atomic E-state index is -1.03.